The average Bonchev–Trinajstić information content (AvgIpc) is 2.99. The van der Waals surface area contributed by atoms with Gasteiger partial charge in [-0.15, -0.1) is 0 Å². The third-order valence-electron chi connectivity index (χ3n) is 4.50. The fraction of sp³-hybridized carbons (Fsp3) is 0. The zero-order valence-electron chi connectivity index (χ0n) is 20.5. The number of halogens is 2. The number of benzene rings is 4. The van der Waals surface area contributed by atoms with E-state index in [1.54, 1.807) is 48.5 Å². The van der Waals surface area contributed by atoms with Crippen molar-refractivity contribution in [2.45, 2.75) is 0 Å². The highest BCUT2D eigenvalue weighted by molar-refractivity contribution is 6.32. The fourth-order valence-electron chi connectivity index (χ4n) is 2.50. The minimum absolute atomic E-state index is 0.00407. The van der Waals surface area contributed by atoms with Gasteiger partial charge in [-0.2, -0.15) is 0 Å². The zero-order chi connectivity index (χ0) is 29.9. The Morgan fingerprint density at radius 3 is 1.45 bits per heavy atom. The predicted molar refractivity (Wildman–Crippen MR) is 151 cm³/mol. The van der Waals surface area contributed by atoms with Crippen LogP contribution in [0.4, 0.5) is 11.4 Å². The molecule has 12 heteroatoms. The first kappa shape index (κ1) is 33.0. The molecule has 0 atom stereocenters. The molecule has 0 aromatic heterocycles. The third-order valence-corrected chi connectivity index (χ3v) is 5.09. The van der Waals surface area contributed by atoms with Crippen LogP contribution in [0.1, 0.15) is 41.4 Å². The number of aldehydes is 4. The summed E-state index contributed by atoms with van der Waals surface area (Å²) in [7, 11) is 0. The lowest BCUT2D eigenvalue weighted by molar-refractivity contribution is -0.385. The minimum Gasteiger partial charge on any atom is -0.298 e. The molecule has 0 saturated heterocycles. The quantitative estimate of drug-likeness (QED) is 0.132. The van der Waals surface area contributed by atoms with Crippen LogP contribution in [-0.4, -0.2) is 35.0 Å². The highest BCUT2D eigenvalue weighted by atomic mass is 35.5. The predicted octanol–water partition coefficient (Wildman–Crippen LogP) is 7.12. The van der Waals surface area contributed by atoms with E-state index in [0.29, 0.717) is 44.9 Å². The van der Waals surface area contributed by atoms with Crippen LogP contribution >= 0.6 is 23.2 Å². The highest BCUT2D eigenvalue weighted by Crippen LogP contribution is 2.12. The Morgan fingerprint density at radius 2 is 1.02 bits per heavy atom. The first-order valence-corrected chi connectivity index (χ1v) is 11.7. The lowest BCUT2D eigenvalue weighted by Gasteiger charge is -1.90. The van der Waals surface area contributed by atoms with E-state index in [0.717, 1.165) is 12.6 Å². The van der Waals surface area contributed by atoms with Gasteiger partial charge in [0, 0.05) is 51.5 Å². The molecule has 4 aromatic rings. The van der Waals surface area contributed by atoms with Crippen LogP contribution in [0.3, 0.4) is 0 Å². The fourth-order valence-corrected chi connectivity index (χ4v) is 2.80. The van der Waals surface area contributed by atoms with Gasteiger partial charge >= 0.3 is 0 Å². The van der Waals surface area contributed by atoms with Crippen molar-refractivity contribution in [1.29, 1.82) is 0 Å². The number of nitro benzene ring substituents is 2. The molecule has 4 rings (SSSR count). The van der Waals surface area contributed by atoms with Gasteiger partial charge in [-0.3, -0.25) is 39.4 Å². The largest absolute Gasteiger partial charge is 0.298 e. The molecule has 0 aliphatic carbocycles. The van der Waals surface area contributed by atoms with Crippen molar-refractivity contribution < 1.29 is 29.0 Å². The SMILES string of the molecule is O=Cc1ccc(Cl)cc1.O=Cc1ccc([N+](=O)[O-])cc1.O=Cc1cccc([N+](=O)[O-])c1.O=Cc1ccccc1Cl. The Bertz CT molecular complexity index is 1440. The van der Waals surface area contributed by atoms with Gasteiger partial charge in [-0.25, -0.2) is 0 Å². The van der Waals surface area contributed by atoms with Gasteiger partial charge in [0.25, 0.3) is 11.4 Å². The molecule has 0 saturated carbocycles. The zero-order valence-corrected chi connectivity index (χ0v) is 22.0. The van der Waals surface area contributed by atoms with Gasteiger partial charge in [-0.1, -0.05) is 65.7 Å². The van der Waals surface area contributed by atoms with Crippen LogP contribution in [0, 0.1) is 20.2 Å². The van der Waals surface area contributed by atoms with E-state index < -0.39 is 9.85 Å². The second kappa shape index (κ2) is 18.2. The lowest BCUT2D eigenvalue weighted by atomic mass is 10.2. The Kier molecular flexibility index (Phi) is 15.0. The number of nitro groups is 2. The molecule has 0 N–H and O–H groups in total. The van der Waals surface area contributed by atoms with Crippen LogP contribution < -0.4 is 0 Å². The first-order chi connectivity index (χ1) is 19.1. The van der Waals surface area contributed by atoms with Gasteiger partial charge in [0.05, 0.1) is 14.9 Å². The van der Waals surface area contributed by atoms with Crippen molar-refractivity contribution in [3.05, 3.63) is 150 Å². The van der Waals surface area contributed by atoms with Crippen molar-refractivity contribution in [3.8, 4) is 0 Å². The molecule has 0 unspecified atom stereocenters. The monoisotopic (exact) mass is 582 g/mol. The van der Waals surface area contributed by atoms with Crippen LogP contribution in [0.15, 0.2) is 97.1 Å². The summed E-state index contributed by atoms with van der Waals surface area (Å²) in [5, 5.41) is 21.4. The topological polar surface area (TPSA) is 155 Å². The van der Waals surface area contributed by atoms with E-state index in [4.69, 9.17) is 23.2 Å². The smallest absolute Gasteiger partial charge is 0.270 e. The second-order valence-corrected chi connectivity index (χ2v) is 8.09. The number of nitrogens with zero attached hydrogens (tertiary/aromatic N) is 2. The Balaban J connectivity index is 0.000000268. The summed E-state index contributed by atoms with van der Waals surface area (Å²) in [4.78, 5) is 59.7. The second-order valence-electron chi connectivity index (χ2n) is 7.25. The molecule has 4 aromatic carbocycles. The molecule has 40 heavy (non-hydrogen) atoms. The van der Waals surface area contributed by atoms with Crippen molar-refractivity contribution >= 4 is 59.7 Å². The van der Waals surface area contributed by atoms with Crippen LogP contribution in [0.2, 0.25) is 10.0 Å². The molecule has 0 aliphatic heterocycles. The molecule has 0 heterocycles. The van der Waals surface area contributed by atoms with Gasteiger partial charge in [0.2, 0.25) is 0 Å². The molecule has 0 spiro atoms. The van der Waals surface area contributed by atoms with Crippen LogP contribution in [0.5, 0.6) is 0 Å². The summed E-state index contributed by atoms with van der Waals surface area (Å²) in [6.45, 7) is 0. The number of carbonyl (C=O) groups is 4. The van der Waals surface area contributed by atoms with E-state index in [1.807, 2.05) is 0 Å². The summed E-state index contributed by atoms with van der Waals surface area (Å²) in [6.07, 6.45) is 2.75. The average molecular weight is 583 g/mol. The normalized spacial score (nSPS) is 9.05. The number of non-ortho nitro benzene ring substituents is 2. The molecule has 0 fully saturated rings. The molecule has 0 amide bonds. The van der Waals surface area contributed by atoms with E-state index >= 15 is 0 Å². The van der Waals surface area contributed by atoms with Gasteiger partial charge < -0.3 is 0 Å². The molecule has 10 nitrogen and oxygen atoms in total. The molecule has 0 bridgehead atoms. The Morgan fingerprint density at radius 1 is 0.525 bits per heavy atom. The van der Waals surface area contributed by atoms with E-state index in [-0.39, 0.29) is 11.4 Å². The maximum Gasteiger partial charge on any atom is 0.270 e. The summed E-state index contributed by atoms with van der Waals surface area (Å²) >= 11 is 11.1. The molecular formula is C28H20Cl2N2O8. The number of rotatable bonds is 6. The van der Waals surface area contributed by atoms with E-state index in [9.17, 15) is 39.4 Å². The Labute approximate surface area is 238 Å². The van der Waals surface area contributed by atoms with Crippen molar-refractivity contribution in [2.75, 3.05) is 0 Å². The number of hydrogen-bond acceptors (Lipinski definition) is 8. The summed E-state index contributed by atoms with van der Waals surface area (Å²) in [5.41, 5.74) is 1.89. The van der Waals surface area contributed by atoms with Gasteiger partial charge in [-0.05, 0) is 30.3 Å². The molecular weight excluding hydrogens is 563 g/mol. The van der Waals surface area contributed by atoms with Crippen molar-refractivity contribution in [1.82, 2.24) is 0 Å². The summed E-state index contributed by atoms with van der Waals surface area (Å²) in [6, 6.07) is 24.6. The van der Waals surface area contributed by atoms with Crippen LogP contribution in [0.25, 0.3) is 0 Å². The highest BCUT2D eigenvalue weighted by Gasteiger charge is 2.04. The molecule has 0 aliphatic rings. The van der Waals surface area contributed by atoms with Crippen LogP contribution in [-0.2, 0) is 0 Å². The molecule has 0 radical (unpaired) electrons. The first-order valence-electron chi connectivity index (χ1n) is 10.9. The summed E-state index contributed by atoms with van der Waals surface area (Å²) < 4.78 is 0. The molecule has 204 valence electrons. The standard InChI is InChI=1S/2C7H5ClO.2C7H5NO3/c8-7-3-1-6(5-9)2-4-7;8-7-4-2-1-3-6(7)5-9;9-5-6-1-3-7(4-2-6)8(10)11;9-5-6-2-1-3-7(4-6)8(10)11/h2*1-5H;2*1-5H. The Hall–Kier alpha value is -5.06. The summed E-state index contributed by atoms with van der Waals surface area (Å²) in [5.74, 6) is 0. The van der Waals surface area contributed by atoms with E-state index in [2.05, 4.69) is 0 Å². The third kappa shape index (κ3) is 12.5. The van der Waals surface area contributed by atoms with Gasteiger partial charge in [0.1, 0.15) is 18.9 Å². The maximum atomic E-state index is 10.2. The lowest BCUT2D eigenvalue weighted by Crippen LogP contribution is -1.88. The van der Waals surface area contributed by atoms with Gasteiger partial charge in [0.15, 0.2) is 6.29 Å². The number of hydrogen-bond donors (Lipinski definition) is 0. The number of carbonyl (C=O) groups excluding carboxylic acids is 4. The van der Waals surface area contributed by atoms with Crippen molar-refractivity contribution in [3.63, 3.8) is 0 Å². The maximum absolute atomic E-state index is 10.2. The van der Waals surface area contributed by atoms with E-state index in [1.165, 1.54) is 48.5 Å². The van der Waals surface area contributed by atoms with Crippen molar-refractivity contribution in [2.24, 2.45) is 0 Å². The minimum atomic E-state index is -0.535.